The van der Waals surface area contributed by atoms with Crippen LogP contribution in [0.25, 0.3) is 0 Å². The van der Waals surface area contributed by atoms with Gasteiger partial charge in [0.2, 0.25) is 10.0 Å². The van der Waals surface area contributed by atoms with Gasteiger partial charge in [-0.2, -0.15) is 0 Å². The molecule has 1 rings (SSSR count). The zero-order chi connectivity index (χ0) is 13.6. The van der Waals surface area contributed by atoms with E-state index >= 15 is 0 Å². The van der Waals surface area contributed by atoms with Gasteiger partial charge in [-0.3, -0.25) is 9.78 Å². The highest BCUT2D eigenvalue weighted by Gasteiger charge is 2.21. The fourth-order valence-corrected chi connectivity index (χ4v) is 2.79. The van der Waals surface area contributed by atoms with Crippen LogP contribution in [-0.4, -0.2) is 30.5 Å². The molecule has 0 aromatic carbocycles. The summed E-state index contributed by atoms with van der Waals surface area (Å²) in [5.74, 6) is -1.03. The van der Waals surface area contributed by atoms with Crippen LogP contribution in [0.1, 0.15) is 26.2 Å². The highest BCUT2D eigenvalue weighted by atomic mass is 32.2. The average Bonchev–Trinajstić information content (AvgIpc) is 2.29. The Morgan fingerprint density at radius 1 is 1.56 bits per heavy atom. The molecule has 7 heteroatoms. The molecule has 0 aliphatic heterocycles. The predicted molar refractivity (Wildman–Crippen MR) is 65.5 cm³/mol. The first-order valence-corrected chi connectivity index (χ1v) is 7.08. The number of sulfonamides is 1. The molecule has 1 aromatic rings. The molecule has 1 unspecified atom stereocenters. The van der Waals surface area contributed by atoms with E-state index in [9.17, 15) is 13.2 Å². The Morgan fingerprint density at radius 2 is 2.28 bits per heavy atom. The van der Waals surface area contributed by atoms with Crippen LogP contribution in [0.4, 0.5) is 0 Å². The fourth-order valence-electron chi connectivity index (χ4n) is 1.56. The van der Waals surface area contributed by atoms with E-state index in [1.165, 1.54) is 24.5 Å². The molecule has 6 nitrogen and oxygen atoms in total. The van der Waals surface area contributed by atoms with Crippen molar-refractivity contribution in [1.82, 2.24) is 9.71 Å². The molecule has 100 valence electrons. The van der Waals surface area contributed by atoms with E-state index in [0.717, 1.165) is 0 Å². The lowest BCUT2D eigenvalue weighted by Gasteiger charge is -2.15. The topological polar surface area (TPSA) is 96.4 Å². The van der Waals surface area contributed by atoms with Crippen LogP contribution in [0, 0.1) is 0 Å². The molecule has 0 bridgehead atoms. The average molecular weight is 272 g/mol. The zero-order valence-corrected chi connectivity index (χ0v) is 10.9. The Kier molecular flexibility index (Phi) is 5.24. The van der Waals surface area contributed by atoms with Crippen molar-refractivity contribution in [2.75, 3.05) is 0 Å². The van der Waals surface area contributed by atoms with Crippen LogP contribution in [0.5, 0.6) is 0 Å². The predicted octanol–water partition coefficient (Wildman–Crippen LogP) is 1.00. The van der Waals surface area contributed by atoms with E-state index in [0.29, 0.717) is 12.8 Å². The second-order valence-corrected chi connectivity index (χ2v) is 5.61. The van der Waals surface area contributed by atoms with Gasteiger partial charge in [0.1, 0.15) is 4.90 Å². The van der Waals surface area contributed by atoms with Crippen LogP contribution in [-0.2, 0) is 14.8 Å². The summed E-state index contributed by atoms with van der Waals surface area (Å²) >= 11 is 0. The molecule has 0 saturated carbocycles. The quantitative estimate of drug-likeness (QED) is 0.772. The van der Waals surface area contributed by atoms with Gasteiger partial charge in [-0.15, -0.1) is 0 Å². The van der Waals surface area contributed by atoms with Gasteiger partial charge in [0.05, 0.1) is 6.42 Å². The largest absolute Gasteiger partial charge is 0.481 e. The van der Waals surface area contributed by atoms with Crippen LogP contribution in [0.3, 0.4) is 0 Å². The zero-order valence-electron chi connectivity index (χ0n) is 10.0. The van der Waals surface area contributed by atoms with Gasteiger partial charge in [0.25, 0.3) is 0 Å². The minimum absolute atomic E-state index is 0.0384. The number of nitrogens with zero attached hydrogens (tertiary/aromatic N) is 1. The lowest BCUT2D eigenvalue weighted by atomic mass is 10.1. The van der Waals surface area contributed by atoms with E-state index < -0.39 is 22.0 Å². The molecule has 18 heavy (non-hydrogen) atoms. The van der Waals surface area contributed by atoms with Crippen molar-refractivity contribution < 1.29 is 18.3 Å². The van der Waals surface area contributed by atoms with Gasteiger partial charge < -0.3 is 5.11 Å². The molecule has 1 heterocycles. The third-order valence-electron chi connectivity index (χ3n) is 2.32. The second kappa shape index (κ2) is 6.46. The molecule has 0 saturated heterocycles. The summed E-state index contributed by atoms with van der Waals surface area (Å²) in [7, 11) is -3.70. The molecule has 1 atom stereocenters. The number of rotatable bonds is 7. The van der Waals surface area contributed by atoms with Crippen LogP contribution >= 0.6 is 0 Å². The molecule has 0 fully saturated rings. The summed E-state index contributed by atoms with van der Waals surface area (Å²) in [4.78, 5) is 14.4. The summed E-state index contributed by atoms with van der Waals surface area (Å²) < 4.78 is 26.3. The van der Waals surface area contributed by atoms with Crippen molar-refractivity contribution in [3.8, 4) is 0 Å². The van der Waals surface area contributed by atoms with E-state index in [2.05, 4.69) is 9.71 Å². The SMILES string of the molecule is CCCC(CC(=O)O)NS(=O)(=O)c1cccnc1. The van der Waals surface area contributed by atoms with Gasteiger partial charge >= 0.3 is 5.97 Å². The molecule has 0 spiro atoms. The molecular weight excluding hydrogens is 256 g/mol. The Bertz CT molecular complexity index is 487. The normalized spacial score (nSPS) is 13.2. The maximum atomic E-state index is 12.0. The standard InChI is InChI=1S/C11H16N2O4S/c1-2-4-9(7-11(14)15)13-18(16,17)10-5-3-6-12-8-10/h3,5-6,8-9,13H,2,4,7H2,1H3,(H,14,15). The van der Waals surface area contributed by atoms with E-state index in [-0.39, 0.29) is 11.3 Å². The number of pyridine rings is 1. The van der Waals surface area contributed by atoms with Gasteiger partial charge in [0, 0.05) is 18.4 Å². The minimum atomic E-state index is -3.70. The maximum absolute atomic E-state index is 12.0. The molecule has 2 N–H and O–H groups in total. The smallest absolute Gasteiger partial charge is 0.304 e. The van der Waals surface area contributed by atoms with Crippen molar-refractivity contribution in [1.29, 1.82) is 0 Å². The van der Waals surface area contributed by atoms with Gasteiger partial charge in [-0.05, 0) is 18.6 Å². The highest BCUT2D eigenvalue weighted by Crippen LogP contribution is 2.10. The van der Waals surface area contributed by atoms with Crippen LogP contribution in [0.15, 0.2) is 29.4 Å². The molecule has 0 amide bonds. The molecule has 0 radical (unpaired) electrons. The number of carboxylic acids is 1. The summed E-state index contributed by atoms with van der Waals surface area (Å²) in [5.41, 5.74) is 0. The van der Waals surface area contributed by atoms with Crippen molar-refractivity contribution in [3.05, 3.63) is 24.5 Å². The van der Waals surface area contributed by atoms with Gasteiger partial charge in [0.15, 0.2) is 0 Å². The first kappa shape index (κ1) is 14.6. The minimum Gasteiger partial charge on any atom is -0.481 e. The number of carbonyl (C=O) groups is 1. The van der Waals surface area contributed by atoms with Crippen molar-refractivity contribution in [3.63, 3.8) is 0 Å². The Hall–Kier alpha value is -1.47. The lowest BCUT2D eigenvalue weighted by Crippen LogP contribution is -2.36. The molecular formula is C11H16N2O4S. The first-order valence-electron chi connectivity index (χ1n) is 5.60. The van der Waals surface area contributed by atoms with Crippen LogP contribution < -0.4 is 4.72 Å². The van der Waals surface area contributed by atoms with Crippen molar-refractivity contribution in [2.24, 2.45) is 0 Å². The number of hydrogen-bond donors (Lipinski definition) is 2. The molecule has 0 aliphatic carbocycles. The summed E-state index contributed by atoms with van der Waals surface area (Å²) in [5, 5.41) is 8.73. The number of aliphatic carboxylic acids is 1. The van der Waals surface area contributed by atoms with Crippen molar-refractivity contribution in [2.45, 2.75) is 37.1 Å². The summed E-state index contributed by atoms with van der Waals surface area (Å²) in [6.45, 7) is 1.87. The number of hydrogen-bond acceptors (Lipinski definition) is 4. The van der Waals surface area contributed by atoms with E-state index in [4.69, 9.17) is 5.11 Å². The maximum Gasteiger partial charge on any atom is 0.304 e. The second-order valence-electron chi connectivity index (χ2n) is 3.89. The summed E-state index contributed by atoms with van der Waals surface area (Å²) in [6.07, 6.45) is 3.65. The van der Waals surface area contributed by atoms with Gasteiger partial charge in [-0.25, -0.2) is 13.1 Å². The Morgan fingerprint density at radius 3 is 2.78 bits per heavy atom. The summed E-state index contributed by atoms with van der Waals surface area (Å²) in [6, 6.07) is 2.33. The number of nitrogens with one attached hydrogen (secondary N) is 1. The highest BCUT2D eigenvalue weighted by molar-refractivity contribution is 7.89. The monoisotopic (exact) mass is 272 g/mol. The Balaban J connectivity index is 2.82. The molecule has 1 aromatic heterocycles. The fraction of sp³-hybridized carbons (Fsp3) is 0.455. The van der Waals surface area contributed by atoms with E-state index in [1.807, 2.05) is 6.92 Å². The first-order chi connectivity index (χ1) is 8.45. The number of aromatic nitrogens is 1. The molecule has 0 aliphatic rings. The third kappa shape index (κ3) is 4.42. The third-order valence-corrected chi connectivity index (χ3v) is 3.83. The lowest BCUT2D eigenvalue weighted by molar-refractivity contribution is -0.137. The van der Waals surface area contributed by atoms with E-state index in [1.54, 1.807) is 0 Å². The van der Waals surface area contributed by atoms with Gasteiger partial charge in [-0.1, -0.05) is 13.3 Å². The van der Waals surface area contributed by atoms with Crippen molar-refractivity contribution >= 4 is 16.0 Å². The number of carboxylic acid groups (broad SMARTS) is 1. The Labute approximate surface area is 106 Å². The van der Waals surface area contributed by atoms with Crippen LogP contribution in [0.2, 0.25) is 0 Å².